The van der Waals surface area contributed by atoms with E-state index in [2.05, 4.69) is 10.2 Å². The van der Waals surface area contributed by atoms with E-state index in [1.54, 1.807) is 4.57 Å². The molecule has 0 N–H and O–H groups in total. The van der Waals surface area contributed by atoms with Crippen molar-refractivity contribution in [3.8, 4) is 0 Å². The molecule has 0 bridgehead atoms. The SMILES string of the molecule is CCCn1c(CC2CCCCCC2)nnc1S(=O)(=O)Cl. The van der Waals surface area contributed by atoms with E-state index < -0.39 is 9.05 Å². The van der Waals surface area contributed by atoms with E-state index in [-0.39, 0.29) is 5.16 Å². The maximum absolute atomic E-state index is 11.5. The third kappa shape index (κ3) is 3.95. The van der Waals surface area contributed by atoms with Gasteiger partial charge in [0.1, 0.15) is 5.82 Å². The van der Waals surface area contributed by atoms with Gasteiger partial charge in [-0.15, -0.1) is 10.2 Å². The van der Waals surface area contributed by atoms with Crippen molar-refractivity contribution >= 4 is 19.7 Å². The molecule has 7 heteroatoms. The van der Waals surface area contributed by atoms with Crippen molar-refractivity contribution in [1.82, 2.24) is 14.8 Å². The Balaban J connectivity index is 2.20. The summed E-state index contributed by atoms with van der Waals surface area (Å²) in [4.78, 5) is 0. The van der Waals surface area contributed by atoms with E-state index in [1.807, 2.05) is 6.92 Å². The first-order valence-electron chi connectivity index (χ1n) is 7.39. The second kappa shape index (κ2) is 6.89. The van der Waals surface area contributed by atoms with Crippen LogP contribution in [0.25, 0.3) is 0 Å². The van der Waals surface area contributed by atoms with Gasteiger partial charge in [0.25, 0.3) is 14.2 Å². The van der Waals surface area contributed by atoms with Gasteiger partial charge in [0.15, 0.2) is 0 Å². The third-order valence-corrected chi connectivity index (χ3v) is 5.06. The van der Waals surface area contributed by atoms with Crippen LogP contribution in [0.2, 0.25) is 0 Å². The Morgan fingerprint density at radius 2 is 1.85 bits per heavy atom. The summed E-state index contributed by atoms with van der Waals surface area (Å²) in [5, 5.41) is 7.76. The third-order valence-electron chi connectivity index (χ3n) is 3.90. The van der Waals surface area contributed by atoms with Gasteiger partial charge in [0.05, 0.1) is 0 Å². The van der Waals surface area contributed by atoms with Crippen LogP contribution in [0.4, 0.5) is 0 Å². The summed E-state index contributed by atoms with van der Waals surface area (Å²) >= 11 is 0. The molecule has 0 saturated heterocycles. The van der Waals surface area contributed by atoms with Gasteiger partial charge in [-0.2, -0.15) is 0 Å². The summed E-state index contributed by atoms with van der Waals surface area (Å²) in [7, 11) is 1.61. The fourth-order valence-electron chi connectivity index (χ4n) is 2.92. The Bertz CT molecular complexity index is 534. The quantitative estimate of drug-likeness (QED) is 0.618. The highest BCUT2D eigenvalue weighted by Gasteiger charge is 2.24. The average Bonchev–Trinajstić information content (AvgIpc) is 2.60. The highest BCUT2D eigenvalue weighted by Crippen LogP contribution is 2.26. The first-order chi connectivity index (χ1) is 9.52. The van der Waals surface area contributed by atoms with E-state index in [0.29, 0.717) is 12.5 Å². The van der Waals surface area contributed by atoms with Crippen molar-refractivity contribution in [3.05, 3.63) is 5.82 Å². The minimum absolute atomic E-state index is 0.107. The van der Waals surface area contributed by atoms with Gasteiger partial charge in [-0.1, -0.05) is 45.4 Å². The largest absolute Gasteiger partial charge is 0.301 e. The van der Waals surface area contributed by atoms with Crippen LogP contribution in [0.1, 0.15) is 57.7 Å². The number of aromatic nitrogens is 3. The molecule has 0 amide bonds. The first-order valence-corrected chi connectivity index (χ1v) is 9.70. The van der Waals surface area contributed by atoms with Gasteiger partial charge in [0.2, 0.25) is 0 Å². The molecular weight excluding hydrogens is 298 g/mol. The summed E-state index contributed by atoms with van der Waals surface area (Å²) in [6.45, 7) is 2.59. The fourth-order valence-corrected chi connectivity index (χ4v) is 3.87. The molecule has 1 aromatic rings. The minimum Gasteiger partial charge on any atom is -0.301 e. The van der Waals surface area contributed by atoms with Crippen LogP contribution in [0, 0.1) is 5.92 Å². The normalized spacial score (nSPS) is 18.1. The second-order valence-electron chi connectivity index (χ2n) is 5.55. The van der Waals surface area contributed by atoms with E-state index in [1.165, 1.54) is 38.5 Å². The molecule has 1 fully saturated rings. The molecule has 0 unspecified atom stereocenters. The molecular formula is C13H22ClN3O2S. The van der Waals surface area contributed by atoms with Crippen molar-refractivity contribution in [3.63, 3.8) is 0 Å². The molecule has 114 valence electrons. The van der Waals surface area contributed by atoms with Crippen LogP contribution in [-0.4, -0.2) is 23.2 Å². The van der Waals surface area contributed by atoms with E-state index in [0.717, 1.165) is 18.7 Å². The topological polar surface area (TPSA) is 64.8 Å². The van der Waals surface area contributed by atoms with Crippen LogP contribution in [-0.2, 0) is 22.0 Å². The van der Waals surface area contributed by atoms with Crippen LogP contribution in [0.5, 0.6) is 0 Å². The molecule has 0 aromatic carbocycles. The van der Waals surface area contributed by atoms with Gasteiger partial charge < -0.3 is 4.57 Å². The van der Waals surface area contributed by atoms with Crippen LogP contribution in [0.3, 0.4) is 0 Å². The van der Waals surface area contributed by atoms with E-state index in [4.69, 9.17) is 10.7 Å². The van der Waals surface area contributed by atoms with Gasteiger partial charge in [-0.05, 0) is 12.3 Å². The summed E-state index contributed by atoms with van der Waals surface area (Å²) in [6, 6.07) is 0. The highest BCUT2D eigenvalue weighted by atomic mass is 35.7. The van der Waals surface area contributed by atoms with Gasteiger partial charge in [-0.3, -0.25) is 0 Å². The number of hydrogen-bond acceptors (Lipinski definition) is 4. The lowest BCUT2D eigenvalue weighted by molar-refractivity contribution is 0.433. The maximum atomic E-state index is 11.5. The molecule has 1 aliphatic rings. The summed E-state index contributed by atoms with van der Waals surface area (Å²) in [5.74, 6) is 1.35. The number of halogens is 1. The Morgan fingerprint density at radius 1 is 1.20 bits per heavy atom. The molecule has 0 radical (unpaired) electrons. The summed E-state index contributed by atoms with van der Waals surface area (Å²) < 4.78 is 24.7. The van der Waals surface area contributed by atoms with Crippen LogP contribution < -0.4 is 0 Å². The Kier molecular flexibility index (Phi) is 5.43. The van der Waals surface area contributed by atoms with Gasteiger partial charge >= 0.3 is 0 Å². The summed E-state index contributed by atoms with van der Waals surface area (Å²) in [6.07, 6.45) is 9.15. The Labute approximate surface area is 125 Å². The molecule has 0 spiro atoms. The molecule has 5 nitrogen and oxygen atoms in total. The van der Waals surface area contributed by atoms with Gasteiger partial charge in [0, 0.05) is 23.6 Å². The van der Waals surface area contributed by atoms with Crippen LogP contribution >= 0.6 is 10.7 Å². The van der Waals surface area contributed by atoms with Crippen molar-refractivity contribution in [1.29, 1.82) is 0 Å². The van der Waals surface area contributed by atoms with Gasteiger partial charge in [-0.25, -0.2) is 8.42 Å². The number of rotatable bonds is 5. The maximum Gasteiger partial charge on any atom is 0.296 e. The Hall–Kier alpha value is -0.620. The predicted molar refractivity (Wildman–Crippen MR) is 78.2 cm³/mol. The van der Waals surface area contributed by atoms with E-state index >= 15 is 0 Å². The lowest BCUT2D eigenvalue weighted by Crippen LogP contribution is -2.13. The molecule has 20 heavy (non-hydrogen) atoms. The molecule has 0 aliphatic heterocycles. The van der Waals surface area contributed by atoms with Crippen molar-refractivity contribution in [2.24, 2.45) is 5.92 Å². The zero-order chi connectivity index (χ0) is 14.6. The standard InChI is InChI=1S/C13H22ClN3O2S/c1-2-9-17-12(15-16-13(17)20(14,18)19)10-11-7-5-3-4-6-8-11/h11H,2-10H2,1H3. The average molecular weight is 320 g/mol. The Morgan fingerprint density at radius 3 is 2.40 bits per heavy atom. The smallest absolute Gasteiger partial charge is 0.296 e. The monoisotopic (exact) mass is 319 g/mol. The molecule has 1 heterocycles. The predicted octanol–water partition coefficient (Wildman–Crippen LogP) is 3.13. The van der Waals surface area contributed by atoms with Crippen molar-refractivity contribution in [2.75, 3.05) is 0 Å². The molecule has 1 saturated carbocycles. The fraction of sp³-hybridized carbons (Fsp3) is 0.846. The van der Waals surface area contributed by atoms with Crippen molar-refractivity contribution in [2.45, 2.75) is 70.0 Å². The molecule has 1 aromatic heterocycles. The number of hydrogen-bond donors (Lipinski definition) is 0. The number of nitrogens with zero attached hydrogens (tertiary/aromatic N) is 3. The van der Waals surface area contributed by atoms with Crippen LogP contribution in [0.15, 0.2) is 5.16 Å². The molecule has 2 rings (SSSR count). The molecule has 1 aliphatic carbocycles. The zero-order valence-corrected chi connectivity index (χ0v) is 13.5. The minimum atomic E-state index is -3.82. The van der Waals surface area contributed by atoms with E-state index in [9.17, 15) is 8.42 Å². The zero-order valence-electron chi connectivity index (χ0n) is 11.9. The summed E-state index contributed by atoms with van der Waals surface area (Å²) in [5.41, 5.74) is 0. The lowest BCUT2D eigenvalue weighted by Gasteiger charge is -2.14. The molecule has 0 atom stereocenters. The highest BCUT2D eigenvalue weighted by molar-refractivity contribution is 8.13. The van der Waals surface area contributed by atoms with Crippen molar-refractivity contribution < 1.29 is 8.42 Å². The second-order valence-corrected chi connectivity index (χ2v) is 8.01. The lowest BCUT2D eigenvalue weighted by atomic mass is 9.96. The first kappa shape index (κ1) is 15.8.